The number of carbonyl (C=O) groups is 1. The average molecular weight is 363 g/mol. The van der Waals surface area contributed by atoms with E-state index in [1.165, 1.54) is 36.0 Å². The number of pyridine rings is 2. The van der Waals surface area contributed by atoms with Crippen LogP contribution in [0, 0.1) is 17.1 Å². The van der Waals surface area contributed by atoms with Gasteiger partial charge in [0.05, 0.1) is 11.3 Å². The zero-order valence-corrected chi connectivity index (χ0v) is 14.5. The molecule has 4 nitrogen and oxygen atoms in total. The highest BCUT2D eigenvalue weighted by molar-refractivity contribution is 7.99. The summed E-state index contributed by atoms with van der Waals surface area (Å²) in [5.74, 6) is 0.0411. The molecule has 128 valence electrons. The minimum absolute atomic E-state index is 0.0700. The van der Waals surface area contributed by atoms with Gasteiger partial charge >= 0.3 is 0 Å². The van der Waals surface area contributed by atoms with Crippen LogP contribution in [0.5, 0.6) is 0 Å². The van der Waals surface area contributed by atoms with Gasteiger partial charge in [0.2, 0.25) is 0 Å². The van der Waals surface area contributed by atoms with Crippen LogP contribution >= 0.6 is 11.8 Å². The van der Waals surface area contributed by atoms with Crippen molar-refractivity contribution < 1.29 is 9.18 Å². The summed E-state index contributed by atoms with van der Waals surface area (Å²) in [7, 11) is 0. The van der Waals surface area contributed by atoms with Crippen LogP contribution in [0.15, 0.2) is 66.0 Å². The predicted molar refractivity (Wildman–Crippen MR) is 98.3 cm³/mol. The number of rotatable bonds is 6. The lowest BCUT2D eigenvalue weighted by Gasteiger charge is -2.06. The topological polar surface area (TPSA) is 66.6 Å². The Bertz CT molecular complexity index is 953. The first-order valence-corrected chi connectivity index (χ1v) is 8.89. The number of carbonyl (C=O) groups excluding carboxylic acids is 1. The molecule has 2 aromatic heterocycles. The van der Waals surface area contributed by atoms with E-state index in [0.717, 1.165) is 11.3 Å². The molecule has 2 heterocycles. The number of aromatic nitrogens is 2. The summed E-state index contributed by atoms with van der Waals surface area (Å²) in [5, 5.41) is 9.86. The first-order valence-electron chi connectivity index (χ1n) is 7.90. The monoisotopic (exact) mass is 363 g/mol. The molecule has 0 aliphatic rings. The van der Waals surface area contributed by atoms with Gasteiger partial charge in [0.1, 0.15) is 16.9 Å². The molecule has 0 aliphatic heterocycles. The molecule has 0 atom stereocenters. The van der Waals surface area contributed by atoms with Crippen molar-refractivity contribution in [1.82, 2.24) is 9.97 Å². The molecule has 0 N–H and O–H groups in total. The van der Waals surface area contributed by atoms with E-state index in [0.29, 0.717) is 21.9 Å². The number of benzene rings is 1. The minimum atomic E-state index is -0.369. The molecule has 0 amide bonds. The van der Waals surface area contributed by atoms with Crippen LogP contribution in [0.4, 0.5) is 4.39 Å². The molecule has 3 aromatic rings. The lowest BCUT2D eigenvalue weighted by atomic mass is 10.1. The third-order valence-electron chi connectivity index (χ3n) is 3.67. The van der Waals surface area contributed by atoms with Crippen molar-refractivity contribution in [1.29, 1.82) is 5.26 Å². The number of nitrogens with zero attached hydrogens (tertiary/aromatic N) is 3. The Morgan fingerprint density at radius 2 is 1.96 bits per heavy atom. The van der Waals surface area contributed by atoms with Crippen LogP contribution in [0.2, 0.25) is 0 Å². The lowest BCUT2D eigenvalue weighted by molar-refractivity contribution is 0.0989. The van der Waals surface area contributed by atoms with Crippen molar-refractivity contribution >= 4 is 17.5 Å². The second-order valence-electron chi connectivity index (χ2n) is 5.43. The van der Waals surface area contributed by atoms with Crippen LogP contribution in [-0.4, -0.2) is 21.5 Å². The smallest absolute Gasteiger partial charge is 0.163 e. The van der Waals surface area contributed by atoms with Crippen LogP contribution in [0.25, 0.3) is 11.3 Å². The van der Waals surface area contributed by atoms with Crippen molar-refractivity contribution in [3.05, 3.63) is 77.9 Å². The Hall–Kier alpha value is -3.04. The van der Waals surface area contributed by atoms with E-state index >= 15 is 0 Å². The standard InChI is InChI=1S/C20H14FN3OS/c21-17-6-3-14(4-7-17)19(25)9-11-26-20-15(12-22)5-8-18(24-20)16-2-1-10-23-13-16/h1-8,10,13H,9,11H2. The quantitative estimate of drug-likeness (QED) is 0.476. The highest BCUT2D eigenvalue weighted by atomic mass is 32.2. The molecule has 0 saturated carbocycles. The van der Waals surface area contributed by atoms with Gasteiger partial charge < -0.3 is 0 Å². The van der Waals surface area contributed by atoms with Crippen LogP contribution < -0.4 is 0 Å². The van der Waals surface area contributed by atoms with Gasteiger partial charge in [0.25, 0.3) is 0 Å². The van der Waals surface area contributed by atoms with Crippen molar-refractivity contribution in [2.75, 3.05) is 5.75 Å². The van der Waals surface area contributed by atoms with Gasteiger partial charge in [0.15, 0.2) is 5.78 Å². The molecule has 0 spiro atoms. The summed E-state index contributed by atoms with van der Waals surface area (Å²) in [4.78, 5) is 20.8. The Morgan fingerprint density at radius 1 is 1.15 bits per heavy atom. The Kier molecular flexibility index (Phi) is 5.72. The third kappa shape index (κ3) is 4.32. The van der Waals surface area contributed by atoms with E-state index in [1.54, 1.807) is 24.5 Å². The summed E-state index contributed by atoms with van der Waals surface area (Å²) in [6.07, 6.45) is 3.67. The maximum absolute atomic E-state index is 12.9. The normalized spacial score (nSPS) is 10.3. The molecule has 0 unspecified atom stereocenters. The van der Waals surface area contributed by atoms with Crippen molar-refractivity contribution in [2.24, 2.45) is 0 Å². The molecule has 0 bridgehead atoms. The lowest BCUT2D eigenvalue weighted by Crippen LogP contribution is -2.01. The number of thioether (sulfide) groups is 1. The summed E-state index contributed by atoms with van der Waals surface area (Å²) >= 11 is 1.36. The average Bonchev–Trinajstić information content (AvgIpc) is 2.69. The molecule has 0 saturated heterocycles. The molecular weight excluding hydrogens is 349 g/mol. The van der Waals surface area contributed by atoms with Gasteiger partial charge in [0, 0.05) is 35.7 Å². The van der Waals surface area contributed by atoms with Gasteiger partial charge in [-0.2, -0.15) is 5.26 Å². The van der Waals surface area contributed by atoms with Gasteiger partial charge in [-0.3, -0.25) is 9.78 Å². The zero-order chi connectivity index (χ0) is 18.4. The summed E-state index contributed by atoms with van der Waals surface area (Å²) in [6, 6.07) is 14.8. The Balaban J connectivity index is 1.70. The molecule has 0 fully saturated rings. The predicted octanol–water partition coefficient (Wildman–Crippen LogP) is 4.52. The summed E-state index contributed by atoms with van der Waals surface area (Å²) < 4.78 is 12.9. The van der Waals surface area contributed by atoms with E-state index < -0.39 is 0 Å². The fraction of sp³-hybridized carbons (Fsp3) is 0.100. The highest BCUT2D eigenvalue weighted by Crippen LogP contribution is 2.25. The van der Waals surface area contributed by atoms with Gasteiger partial charge in [-0.25, -0.2) is 9.37 Å². The number of nitriles is 1. The fourth-order valence-electron chi connectivity index (χ4n) is 2.33. The first kappa shape index (κ1) is 17.8. The number of hydrogen-bond donors (Lipinski definition) is 0. The minimum Gasteiger partial charge on any atom is -0.294 e. The van der Waals surface area contributed by atoms with E-state index in [4.69, 9.17) is 0 Å². The van der Waals surface area contributed by atoms with Crippen LogP contribution in [0.3, 0.4) is 0 Å². The maximum atomic E-state index is 12.9. The number of hydrogen-bond acceptors (Lipinski definition) is 5. The van der Waals surface area contributed by atoms with E-state index in [9.17, 15) is 14.4 Å². The second-order valence-corrected chi connectivity index (χ2v) is 6.51. The number of Topliss-reactive ketones (excluding diaryl/α,β-unsaturated/α-hetero) is 1. The third-order valence-corrected chi connectivity index (χ3v) is 4.67. The zero-order valence-electron chi connectivity index (χ0n) is 13.7. The van der Waals surface area contributed by atoms with Gasteiger partial charge in [-0.1, -0.05) is 0 Å². The Labute approximate surface area is 154 Å². The molecule has 3 rings (SSSR count). The fourth-order valence-corrected chi connectivity index (χ4v) is 3.24. The van der Waals surface area contributed by atoms with E-state index in [2.05, 4.69) is 16.0 Å². The molecule has 0 radical (unpaired) electrons. The highest BCUT2D eigenvalue weighted by Gasteiger charge is 2.11. The van der Waals surface area contributed by atoms with Crippen LogP contribution in [-0.2, 0) is 0 Å². The van der Waals surface area contributed by atoms with Crippen molar-refractivity contribution in [3.8, 4) is 17.3 Å². The van der Waals surface area contributed by atoms with Crippen LogP contribution in [0.1, 0.15) is 22.3 Å². The summed E-state index contributed by atoms with van der Waals surface area (Å²) in [6.45, 7) is 0. The molecule has 0 aliphatic carbocycles. The summed E-state index contributed by atoms with van der Waals surface area (Å²) in [5.41, 5.74) is 2.53. The molecule has 1 aromatic carbocycles. The molecular formula is C20H14FN3OS. The molecule has 26 heavy (non-hydrogen) atoms. The van der Waals surface area contributed by atoms with Crippen molar-refractivity contribution in [2.45, 2.75) is 11.4 Å². The largest absolute Gasteiger partial charge is 0.294 e. The Morgan fingerprint density at radius 3 is 2.65 bits per heavy atom. The molecule has 6 heteroatoms. The maximum Gasteiger partial charge on any atom is 0.163 e. The number of ketones is 1. The van der Waals surface area contributed by atoms with E-state index in [1.807, 2.05) is 12.1 Å². The second kappa shape index (κ2) is 8.37. The van der Waals surface area contributed by atoms with E-state index in [-0.39, 0.29) is 18.0 Å². The van der Waals surface area contributed by atoms with Crippen molar-refractivity contribution in [3.63, 3.8) is 0 Å². The SMILES string of the molecule is N#Cc1ccc(-c2cccnc2)nc1SCCC(=O)c1ccc(F)cc1. The van der Waals surface area contributed by atoms with Gasteiger partial charge in [-0.05, 0) is 48.5 Å². The first-order chi connectivity index (χ1) is 12.7. The number of halogens is 1. The van der Waals surface area contributed by atoms with Gasteiger partial charge in [-0.15, -0.1) is 11.8 Å².